The van der Waals surface area contributed by atoms with Gasteiger partial charge in [0.2, 0.25) is 5.88 Å². The van der Waals surface area contributed by atoms with Crippen molar-refractivity contribution in [2.45, 2.75) is 33.8 Å². The molecule has 2 aromatic rings. The number of amides is 1. The molecule has 2 rings (SSSR count). The number of ether oxygens (including phenoxy) is 1. The van der Waals surface area contributed by atoms with Crippen molar-refractivity contribution in [1.82, 2.24) is 10.3 Å². The van der Waals surface area contributed by atoms with E-state index in [2.05, 4.69) is 31.1 Å². The fraction of sp³-hybridized carbons (Fsp3) is 0.368. The van der Waals surface area contributed by atoms with Gasteiger partial charge >= 0.3 is 0 Å². The van der Waals surface area contributed by atoms with Gasteiger partial charge in [-0.1, -0.05) is 32.9 Å². The molecule has 128 valence electrons. The summed E-state index contributed by atoms with van der Waals surface area (Å²) >= 11 is 0. The molecule has 0 fully saturated rings. The number of rotatable bonds is 6. The normalized spacial score (nSPS) is 11.2. The maximum Gasteiger partial charge on any atom is 0.252 e. The molecule has 0 aliphatic rings. The minimum Gasteiger partial charge on any atom is -0.473 e. The summed E-state index contributed by atoms with van der Waals surface area (Å²) in [5.74, 6) is 0.00102. The highest BCUT2D eigenvalue weighted by Crippen LogP contribution is 2.17. The zero-order chi connectivity index (χ0) is 17.6. The van der Waals surface area contributed by atoms with E-state index in [1.54, 1.807) is 24.3 Å². The molecule has 1 amide bonds. The Morgan fingerprint density at radius 3 is 2.46 bits per heavy atom. The number of hydrogen-bond donors (Lipinski definition) is 1. The van der Waals surface area contributed by atoms with Crippen molar-refractivity contribution in [3.63, 3.8) is 0 Å². The average molecular weight is 330 g/mol. The van der Waals surface area contributed by atoms with Crippen LogP contribution in [0.1, 0.15) is 43.1 Å². The second kappa shape index (κ2) is 7.90. The molecular formula is C19H23FN2O2. The van der Waals surface area contributed by atoms with Gasteiger partial charge in [-0.15, -0.1) is 0 Å². The quantitative estimate of drug-likeness (QED) is 0.872. The van der Waals surface area contributed by atoms with Crippen LogP contribution in [0.3, 0.4) is 0 Å². The van der Waals surface area contributed by atoms with Crippen LogP contribution in [0.4, 0.5) is 4.39 Å². The van der Waals surface area contributed by atoms with Gasteiger partial charge in [0.05, 0.1) is 5.56 Å². The van der Waals surface area contributed by atoms with E-state index in [1.165, 1.54) is 18.3 Å². The molecule has 0 saturated carbocycles. The lowest BCUT2D eigenvalue weighted by atomic mass is 9.92. The summed E-state index contributed by atoms with van der Waals surface area (Å²) in [6.07, 6.45) is 2.40. The molecule has 0 aliphatic carbocycles. The van der Waals surface area contributed by atoms with Crippen molar-refractivity contribution < 1.29 is 13.9 Å². The third-order valence-corrected chi connectivity index (χ3v) is 3.46. The summed E-state index contributed by atoms with van der Waals surface area (Å²) < 4.78 is 18.4. The Hall–Kier alpha value is -2.43. The Kier molecular flexibility index (Phi) is 5.90. The molecule has 0 unspecified atom stereocenters. The van der Waals surface area contributed by atoms with E-state index in [0.29, 0.717) is 24.6 Å². The number of carbonyl (C=O) groups excluding carboxylic acids is 1. The molecule has 0 spiro atoms. The van der Waals surface area contributed by atoms with Crippen molar-refractivity contribution in [2.75, 3.05) is 6.54 Å². The third-order valence-electron chi connectivity index (χ3n) is 3.46. The minimum atomic E-state index is -0.279. The molecule has 5 heteroatoms. The zero-order valence-corrected chi connectivity index (χ0v) is 14.3. The Bertz CT molecular complexity index is 661. The number of pyridine rings is 1. The number of aromatic nitrogens is 1. The fourth-order valence-corrected chi connectivity index (χ4v) is 1.99. The highest BCUT2D eigenvalue weighted by atomic mass is 19.1. The lowest BCUT2D eigenvalue weighted by molar-refractivity contribution is 0.0949. The molecule has 1 N–H and O–H groups in total. The maximum absolute atomic E-state index is 12.8. The molecular weight excluding hydrogens is 307 g/mol. The van der Waals surface area contributed by atoms with Crippen LogP contribution in [0, 0.1) is 11.2 Å². The van der Waals surface area contributed by atoms with Crippen LogP contribution in [0.25, 0.3) is 0 Å². The predicted molar refractivity (Wildman–Crippen MR) is 91.4 cm³/mol. The summed E-state index contributed by atoms with van der Waals surface area (Å²) in [5.41, 5.74) is 1.53. The molecule has 0 radical (unpaired) electrons. The number of carbonyl (C=O) groups is 1. The van der Waals surface area contributed by atoms with Gasteiger partial charge in [-0.05, 0) is 35.6 Å². The van der Waals surface area contributed by atoms with Crippen molar-refractivity contribution in [2.24, 2.45) is 5.41 Å². The standard InChI is InChI=1S/C19H23FN2O2/c1-19(2,3)10-11-21-18(23)15-6-9-17(22-12-15)24-13-14-4-7-16(20)8-5-14/h4-9,12H,10-11,13H2,1-3H3,(H,21,23). The Morgan fingerprint density at radius 1 is 1.17 bits per heavy atom. The number of hydrogen-bond acceptors (Lipinski definition) is 3. The van der Waals surface area contributed by atoms with E-state index in [4.69, 9.17) is 4.74 Å². The van der Waals surface area contributed by atoms with Crippen molar-refractivity contribution >= 4 is 5.91 Å². The van der Waals surface area contributed by atoms with E-state index in [1.807, 2.05) is 0 Å². The largest absolute Gasteiger partial charge is 0.473 e. The van der Waals surface area contributed by atoms with Gasteiger partial charge in [0.1, 0.15) is 12.4 Å². The van der Waals surface area contributed by atoms with Crippen LogP contribution in [0.15, 0.2) is 42.6 Å². The third kappa shape index (κ3) is 5.99. The Morgan fingerprint density at radius 2 is 1.88 bits per heavy atom. The van der Waals surface area contributed by atoms with Crippen LogP contribution in [-0.4, -0.2) is 17.4 Å². The number of nitrogens with zero attached hydrogens (tertiary/aromatic N) is 1. The molecule has 0 atom stereocenters. The monoisotopic (exact) mass is 330 g/mol. The summed E-state index contributed by atoms with van der Waals surface area (Å²) in [4.78, 5) is 16.2. The van der Waals surface area contributed by atoms with Gasteiger partial charge in [-0.25, -0.2) is 9.37 Å². The molecule has 1 heterocycles. The maximum atomic E-state index is 12.8. The lowest BCUT2D eigenvalue weighted by Gasteiger charge is -2.17. The van der Waals surface area contributed by atoms with Crippen LogP contribution in [0.2, 0.25) is 0 Å². The van der Waals surface area contributed by atoms with E-state index < -0.39 is 0 Å². The number of halogens is 1. The smallest absolute Gasteiger partial charge is 0.252 e. The van der Waals surface area contributed by atoms with E-state index >= 15 is 0 Å². The SMILES string of the molecule is CC(C)(C)CCNC(=O)c1ccc(OCc2ccc(F)cc2)nc1. The highest BCUT2D eigenvalue weighted by molar-refractivity contribution is 5.93. The van der Waals surface area contributed by atoms with E-state index in [9.17, 15) is 9.18 Å². The topological polar surface area (TPSA) is 51.2 Å². The van der Waals surface area contributed by atoms with Crippen molar-refractivity contribution in [3.8, 4) is 5.88 Å². The first-order valence-electron chi connectivity index (χ1n) is 7.95. The Balaban J connectivity index is 1.83. The van der Waals surface area contributed by atoms with Gasteiger partial charge < -0.3 is 10.1 Å². The first kappa shape index (κ1) is 17.9. The molecule has 4 nitrogen and oxygen atoms in total. The van der Waals surface area contributed by atoms with E-state index in [-0.39, 0.29) is 17.1 Å². The summed E-state index contributed by atoms with van der Waals surface area (Å²) in [6.45, 7) is 7.32. The van der Waals surface area contributed by atoms with Gasteiger partial charge in [0.25, 0.3) is 5.91 Å². The summed E-state index contributed by atoms with van der Waals surface area (Å²) in [7, 11) is 0. The minimum absolute atomic E-state index is 0.142. The van der Waals surface area contributed by atoms with Crippen LogP contribution in [0.5, 0.6) is 5.88 Å². The second-order valence-electron chi connectivity index (χ2n) is 6.87. The zero-order valence-electron chi connectivity index (χ0n) is 14.3. The lowest BCUT2D eigenvalue weighted by Crippen LogP contribution is -2.27. The molecule has 0 bridgehead atoms. The fourth-order valence-electron chi connectivity index (χ4n) is 1.99. The molecule has 1 aromatic heterocycles. The highest BCUT2D eigenvalue weighted by Gasteiger charge is 2.11. The van der Waals surface area contributed by atoms with Crippen LogP contribution in [-0.2, 0) is 6.61 Å². The number of benzene rings is 1. The van der Waals surface area contributed by atoms with Crippen molar-refractivity contribution in [1.29, 1.82) is 0 Å². The predicted octanol–water partition coefficient (Wildman–Crippen LogP) is 3.97. The first-order chi connectivity index (χ1) is 11.3. The van der Waals surface area contributed by atoms with Gasteiger partial charge in [-0.3, -0.25) is 4.79 Å². The first-order valence-corrected chi connectivity index (χ1v) is 7.95. The molecule has 24 heavy (non-hydrogen) atoms. The van der Waals surface area contributed by atoms with E-state index in [0.717, 1.165) is 12.0 Å². The average Bonchev–Trinajstić information content (AvgIpc) is 2.53. The molecule has 0 saturated heterocycles. The Labute approximate surface area is 142 Å². The number of nitrogens with one attached hydrogen (secondary N) is 1. The van der Waals surface area contributed by atoms with Crippen molar-refractivity contribution in [3.05, 3.63) is 59.5 Å². The van der Waals surface area contributed by atoms with Gasteiger partial charge in [-0.2, -0.15) is 0 Å². The second-order valence-corrected chi connectivity index (χ2v) is 6.87. The van der Waals surface area contributed by atoms with Crippen LogP contribution < -0.4 is 10.1 Å². The molecule has 0 aliphatic heterocycles. The van der Waals surface area contributed by atoms with Crippen LogP contribution >= 0.6 is 0 Å². The van der Waals surface area contributed by atoms with Gasteiger partial charge in [0.15, 0.2) is 0 Å². The summed E-state index contributed by atoms with van der Waals surface area (Å²) in [5, 5.41) is 2.88. The van der Waals surface area contributed by atoms with Gasteiger partial charge in [0, 0.05) is 18.8 Å². The molecule has 1 aromatic carbocycles. The summed E-state index contributed by atoms with van der Waals surface area (Å²) in [6, 6.07) is 9.43.